The van der Waals surface area contributed by atoms with Gasteiger partial charge in [0.25, 0.3) is 5.56 Å². The van der Waals surface area contributed by atoms with E-state index < -0.39 is 0 Å². The van der Waals surface area contributed by atoms with Crippen molar-refractivity contribution in [3.63, 3.8) is 0 Å². The number of nitrogens with one attached hydrogen (secondary N) is 1. The lowest BCUT2D eigenvalue weighted by Gasteiger charge is -2.05. The van der Waals surface area contributed by atoms with Gasteiger partial charge in [-0.2, -0.15) is 0 Å². The summed E-state index contributed by atoms with van der Waals surface area (Å²) in [6.07, 6.45) is 11.6. The van der Waals surface area contributed by atoms with Crippen molar-refractivity contribution in [2.75, 3.05) is 12.5 Å². The second kappa shape index (κ2) is 8.90. The lowest BCUT2D eigenvalue weighted by atomic mass is 10.3. The SMILES string of the molecule is CC.C\C=C/C=c1\c(=C/C)[nH]c2c(=O)n(SC)c(SC)nc12. The molecule has 0 fully saturated rings. The van der Waals surface area contributed by atoms with Crippen LogP contribution in [-0.4, -0.2) is 26.5 Å². The molecular weight excluding hydrogens is 314 g/mol. The smallest absolute Gasteiger partial charge is 0.288 e. The fourth-order valence-electron chi connectivity index (χ4n) is 2.00. The van der Waals surface area contributed by atoms with Gasteiger partial charge in [-0.05, 0) is 32.1 Å². The molecule has 0 unspecified atom stereocenters. The maximum absolute atomic E-state index is 12.5. The molecule has 4 nitrogen and oxygen atoms in total. The fourth-order valence-corrected chi connectivity index (χ4v) is 3.33. The lowest BCUT2D eigenvalue weighted by molar-refractivity contribution is 0.919. The number of hydrogen-bond acceptors (Lipinski definition) is 4. The summed E-state index contributed by atoms with van der Waals surface area (Å²) < 4.78 is 1.61. The molecule has 0 bridgehead atoms. The topological polar surface area (TPSA) is 50.7 Å². The molecular formula is C16H23N3OS2. The van der Waals surface area contributed by atoms with Crippen LogP contribution in [0.4, 0.5) is 0 Å². The van der Waals surface area contributed by atoms with E-state index in [2.05, 4.69) is 9.97 Å². The number of H-pyrrole nitrogens is 1. The highest BCUT2D eigenvalue weighted by atomic mass is 32.2. The normalized spacial score (nSPS) is 13.0. The van der Waals surface area contributed by atoms with Crippen LogP contribution in [0, 0.1) is 0 Å². The van der Waals surface area contributed by atoms with Crippen LogP contribution in [0.25, 0.3) is 23.2 Å². The molecule has 2 aromatic heterocycles. The molecule has 0 aliphatic heterocycles. The third-order valence-corrected chi connectivity index (χ3v) is 4.39. The van der Waals surface area contributed by atoms with Gasteiger partial charge in [0, 0.05) is 16.8 Å². The Hall–Kier alpha value is -1.40. The molecule has 6 heteroatoms. The summed E-state index contributed by atoms with van der Waals surface area (Å²) >= 11 is 2.84. The lowest BCUT2D eigenvalue weighted by Crippen LogP contribution is -2.22. The molecule has 0 spiro atoms. The van der Waals surface area contributed by atoms with Crippen molar-refractivity contribution in [2.45, 2.75) is 32.9 Å². The molecule has 2 heterocycles. The van der Waals surface area contributed by atoms with Crippen LogP contribution in [0.1, 0.15) is 27.7 Å². The summed E-state index contributed by atoms with van der Waals surface area (Å²) in [6, 6.07) is 0. The molecule has 0 radical (unpaired) electrons. The zero-order chi connectivity index (χ0) is 16.7. The second-order valence-corrected chi connectivity index (χ2v) is 5.54. The van der Waals surface area contributed by atoms with Crippen molar-refractivity contribution >= 4 is 46.9 Å². The van der Waals surface area contributed by atoms with Gasteiger partial charge >= 0.3 is 0 Å². The number of thioether (sulfide) groups is 1. The van der Waals surface area contributed by atoms with Crippen molar-refractivity contribution in [3.05, 3.63) is 33.1 Å². The Kier molecular flexibility index (Phi) is 7.55. The Morgan fingerprint density at radius 1 is 1.23 bits per heavy atom. The van der Waals surface area contributed by atoms with Gasteiger partial charge in [-0.15, -0.1) is 0 Å². The van der Waals surface area contributed by atoms with Crippen LogP contribution in [-0.2, 0) is 0 Å². The molecule has 2 aromatic rings. The van der Waals surface area contributed by atoms with Crippen molar-refractivity contribution in [1.29, 1.82) is 0 Å². The number of nitrogens with zero attached hydrogens (tertiary/aromatic N) is 2. The summed E-state index contributed by atoms with van der Waals surface area (Å²) in [7, 11) is 0. The molecule has 22 heavy (non-hydrogen) atoms. The minimum absolute atomic E-state index is 0.0462. The third kappa shape index (κ3) is 3.50. The number of aromatic nitrogens is 3. The molecule has 2 rings (SSSR count). The monoisotopic (exact) mass is 337 g/mol. The van der Waals surface area contributed by atoms with E-state index in [1.807, 2.05) is 64.5 Å². The Labute approximate surface area is 139 Å². The Morgan fingerprint density at radius 3 is 2.41 bits per heavy atom. The predicted molar refractivity (Wildman–Crippen MR) is 101 cm³/mol. The van der Waals surface area contributed by atoms with E-state index >= 15 is 0 Å². The molecule has 0 saturated carbocycles. The Morgan fingerprint density at radius 2 is 1.91 bits per heavy atom. The molecule has 0 atom stereocenters. The van der Waals surface area contributed by atoms with Gasteiger partial charge in [-0.25, -0.2) is 8.96 Å². The molecule has 0 aliphatic carbocycles. The van der Waals surface area contributed by atoms with Crippen molar-refractivity contribution in [2.24, 2.45) is 0 Å². The van der Waals surface area contributed by atoms with Gasteiger partial charge in [0.2, 0.25) is 0 Å². The largest absolute Gasteiger partial charge is 0.349 e. The molecule has 0 amide bonds. The first-order valence-corrected chi connectivity index (χ1v) is 9.61. The highest BCUT2D eigenvalue weighted by Crippen LogP contribution is 2.15. The van der Waals surface area contributed by atoms with Gasteiger partial charge in [0.05, 0.1) is 0 Å². The van der Waals surface area contributed by atoms with Gasteiger partial charge < -0.3 is 4.98 Å². The van der Waals surface area contributed by atoms with Crippen LogP contribution >= 0.6 is 23.7 Å². The van der Waals surface area contributed by atoms with E-state index in [0.717, 1.165) is 16.1 Å². The third-order valence-electron chi connectivity index (χ3n) is 2.93. The van der Waals surface area contributed by atoms with Gasteiger partial charge in [0.1, 0.15) is 11.0 Å². The number of hydrogen-bond donors (Lipinski definition) is 1. The average Bonchev–Trinajstić information content (AvgIpc) is 2.92. The summed E-state index contributed by atoms with van der Waals surface area (Å²) in [5.74, 6) is 0. The highest BCUT2D eigenvalue weighted by molar-refractivity contribution is 8.00. The first-order chi connectivity index (χ1) is 10.7. The first-order valence-electron chi connectivity index (χ1n) is 7.20. The quantitative estimate of drug-likeness (QED) is 0.691. The zero-order valence-corrected chi connectivity index (χ0v) is 15.6. The predicted octanol–water partition coefficient (Wildman–Crippen LogP) is 2.76. The number of rotatable bonds is 3. The van der Waals surface area contributed by atoms with Gasteiger partial charge in [-0.1, -0.05) is 49.9 Å². The van der Waals surface area contributed by atoms with E-state index in [1.54, 1.807) is 3.97 Å². The van der Waals surface area contributed by atoms with Crippen LogP contribution in [0.3, 0.4) is 0 Å². The molecule has 0 saturated heterocycles. The molecule has 0 aromatic carbocycles. The van der Waals surface area contributed by atoms with Gasteiger partial charge in [-0.3, -0.25) is 4.79 Å². The van der Waals surface area contributed by atoms with Crippen LogP contribution in [0.2, 0.25) is 0 Å². The minimum atomic E-state index is -0.0462. The molecule has 1 N–H and O–H groups in total. The van der Waals surface area contributed by atoms with E-state index in [0.29, 0.717) is 10.7 Å². The number of fused-ring (bicyclic) bond motifs is 1. The van der Waals surface area contributed by atoms with Crippen LogP contribution in [0.5, 0.6) is 0 Å². The van der Waals surface area contributed by atoms with E-state index in [-0.39, 0.29) is 5.56 Å². The summed E-state index contributed by atoms with van der Waals surface area (Å²) in [5.41, 5.74) is 1.24. The number of aromatic amines is 1. The van der Waals surface area contributed by atoms with Crippen LogP contribution in [0.15, 0.2) is 22.1 Å². The first kappa shape index (κ1) is 18.6. The zero-order valence-electron chi connectivity index (χ0n) is 13.9. The van der Waals surface area contributed by atoms with Crippen molar-refractivity contribution in [1.82, 2.24) is 13.9 Å². The Balaban J connectivity index is 0.00000116. The van der Waals surface area contributed by atoms with E-state index in [1.165, 1.54) is 23.7 Å². The standard InChI is InChI=1S/C14H17N3OS2.C2H6/c1-5-7-8-9-10(6-2)15-12-11(9)16-14(19-3)17(20-4)13(12)18;1-2/h5-8,15H,1-4H3;1-2H3/b7-5-,9-8+,10-6+;. The summed E-state index contributed by atoms with van der Waals surface area (Å²) in [5, 5.41) is 2.60. The van der Waals surface area contributed by atoms with Crippen molar-refractivity contribution in [3.8, 4) is 0 Å². The molecule has 0 aliphatic rings. The highest BCUT2D eigenvalue weighted by Gasteiger charge is 2.12. The van der Waals surface area contributed by atoms with Gasteiger partial charge in [0.15, 0.2) is 5.16 Å². The minimum Gasteiger partial charge on any atom is -0.349 e. The van der Waals surface area contributed by atoms with E-state index in [9.17, 15) is 4.79 Å². The Bertz CT molecular complexity index is 832. The second-order valence-electron chi connectivity index (χ2n) is 4.04. The fraction of sp³-hybridized carbons (Fsp3) is 0.375. The molecule has 120 valence electrons. The maximum atomic E-state index is 12.5. The maximum Gasteiger partial charge on any atom is 0.288 e. The van der Waals surface area contributed by atoms with Crippen molar-refractivity contribution < 1.29 is 0 Å². The number of allylic oxidation sites excluding steroid dienone is 2. The summed E-state index contributed by atoms with van der Waals surface area (Å²) in [6.45, 7) is 7.91. The average molecular weight is 338 g/mol. The summed E-state index contributed by atoms with van der Waals surface area (Å²) in [4.78, 5) is 20.3. The van der Waals surface area contributed by atoms with Crippen LogP contribution < -0.4 is 16.1 Å². The van der Waals surface area contributed by atoms with E-state index in [4.69, 9.17) is 0 Å².